The SMILES string of the molecule is COc1ccc(C(=O)NC2CCCC2OC)cc1OCCc1cccc(C)c1. The van der Waals surface area contributed by atoms with E-state index in [-0.39, 0.29) is 18.1 Å². The van der Waals surface area contributed by atoms with Crippen molar-refractivity contribution in [3.05, 3.63) is 59.2 Å². The Kier molecular flexibility index (Phi) is 6.93. The number of ether oxygens (including phenoxy) is 3. The van der Waals surface area contributed by atoms with Gasteiger partial charge in [-0.15, -0.1) is 0 Å². The maximum absolute atomic E-state index is 12.7. The molecular formula is C23H29NO4. The van der Waals surface area contributed by atoms with E-state index in [1.807, 2.05) is 6.07 Å². The van der Waals surface area contributed by atoms with Crippen molar-refractivity contribution in [1.29, 1.82) is 0 Å². The van der Waals surface area contributed by atoms with Gasteiger partial charge in [0.1, 0.15) is 0 Å². The molecule has 1 saturated carbocycles. The van der Waals surface area contributed by atoms with Crippen LogP contribution < -0.4 is 14.8 Å². The van der Waals surface area contributed by atoms with E-state index in [0.717, 1.165) is 25.7 Å². The molecule has 2 atom stereocenters. The summed E-state index contributed by atoms with van der Waals surface area (Å²) < 4.78 is 16.8. The fraction of sp³-hybridized carbons (Fsp3) is 0.435. The third kappa shape index (κ3) is 5.04. The first-order valence-electron chi connectivity index (χ1n) is 9.80. The summed E-state index contributed by atoms with van der Waals surface area (Å²) in [5.41, 5.74) is 3.02. The van der Waals surface area contributed by atoms with Gasteiger partial charge in [0.05, 0.1) is 25.9 Å². The van der Waals surface area contributed by atoms with Crippen molar-refractivity contribution in [1.82, 2.24) is 5.32 Å². The molecule has 0 aromatic heterocycles. The fourth-order valence-electron chi connectivity index (χ4n) is 3.70. The van der Waals surface area contributed by atoms with Crippen molar-refractivity contribution in [2.45, 2.75) is 44.8 Å². The summed E-state index contributed by atoms with van der Waals surface area (Å²) in [6.07, 6.45) is 3.88. The number of hydrogen-bond acceptors (Lipinski definition) is 4. The molecule has 2 aromatic carbocycles. The second-order valence-corrected chi connectivity index (χ2v) is 7.24. The minimum absolute atomic E-state index is 0.0605. The van der Waals surface area contributed by atoms with E-state index < -0.39 is 0 Å². The number of aryl methyl sites for hydroxylation is 1. The lowest BCUT2D eigenvalue weighted by Crippen LogP contribution is -2.40. The van der Waals surface area contributed by atoms with Crippen molar-refractivity contribution in [2.24, 2.45) is 0 Å². The van der Waals surface area contributed by atoms with Gasteiger partial charge in [-0.25, -0.2) is 0 Å². The number of amides is 1. The molecule has 2 aromatic rings. The van der Waals surface area contributed by atoms with Crippen molar-refractivity contribution in [2.75, 3.05) is 20.8 Å². The molecule has 0 heterocycles. The van der Waals surface area contributed by atoms with Gasteiger partial charge in [0.2, 0.25) is 0 Å². The van der Waals surface area contributed by atoms with E-state index in [2.05, 4.69) is 30.4 Å². The maximum atomic E-state index is 12.7. The molecule has 5 nitrogen and oxygen atoms in total. The molecule has 3 rings (SSSR count). The van der Waals surface area contributed by atoms with Gasteiger partial charge >= 0.3 is 0 Å². The van der Waals surface area contributed by atoms with Crippen molar-refractivity contribution < 1.29 is 19.0 Å². The highest BCUT2D eigenvalue weighted by molar-refractivity contribution is 5.95. The minimum Gasteiger partial charge on any atom is -0.493 e. The van der Waals surface area contributed by atoms with Crippen LogP contribution in [0.2, 0.25) is 0 Å². The standard InChI is InChI=1S/C23H29NO4/c1-16-6-4-7-17(14-16)12-13-28-22-15-18(10-11-21(22)27-3)23(25)24-19-8-5-9-20(19)26-2/h4,6-7,10-11,14-15,19-20H,5,8-9,12-13H2,1-3H3,(H,24,25). The zero-order chi connectivity index (χ0) is 19.9. The van der Waals surface area contributed by atoms with Crippen LogP contribution in [0.25, 0.3) is 0 Å². The normalized spacial score (nSPS) is 18.7. The third-order valence-corrected chi connectivity index (χ3v) is 5.23. The topological polar surface area (TPSA) is 56.8 Å². The number of benzene rings is 2. The van der Waals surface area contributed by atoms with Gasteiger partial charge in [-0.05, 0) is 49.9 Å². The molecule has 1 aliphatic carbocycles. The number of hydrogen-bond donors (Lipinski definition) is 1. The Morgan fingerprint density at radius 1 is 1.11 bits per heavy atom. The highest BCUT2D eigenvalue weighted by Gasteiger charge is 2.28. The zero-order valence-electron chi connectivity index (χ0n) is 16.9. The highest BCUT2D eigenvalue weighted by Crippen LogP contribution is 2.29. The van der Waals surface area contributed by atoms with Gasteiger partial charge in [0.25, 0.3) is 5.91 Å². The Morgan fingerprint density at radius 2 is 1.96 bits per heavy atom. The van der Waals surface area contributed by atoms with Crippen LogP contribution in [0.3, 0.4) is 0 Å². The summed E-state index contributed by atoms with van der Waals surface area (Å²) in [6.45, 7) is 2.59. The van der Waals surface area contributed by atoms with Crippen molar-refractivity contribution in [3.8, 4) is 11.5 Å². The Hall–Kier alpha value is -2.53. The van der Waals surface area contributed by atoms with E-state index in [0.29, 0.717) is 23.7 Å². The number of methoxy groups -OCH3 is 2. The number of carbonyl (C=O) groups excluding carboxylic acids is 1. The Labute approximate surface area is 167 Å². The van der Waals surface area contributed by atoms with Crippen LogP contribution >= 0.6 is 0 Å². The molecular weight excluding hydrogens is 354 g/mol. The Morgan fingerprint density at radius 3 is 2.71 bits per heavy atom. The lowest BCUT2D eigenvalue weighted by Gasteiger charge is -2.20. The molecule has 150 valence electrons. The van der Waals surface area contributed by atoms with Crippen molar-refractivity contribution in [3.63, 3.8) is 0 Å². The van der Waals surface area contributed by atoms with Gasteiger partial charge in [0, 0.05) is 19.1 Å². The average molecular weight is 383 g/mol. The average Bonchev–Trinajstić information content (AvgIpc) is 3.15. The number of nitrogens with one attached hydrogen (secondary N) is 1. The molecule has 0 aliphatic heterocycles. The van der Waals surface area contributed by atoms with Crippen molar-refractivity contribution >= 4 is 5.91 Å². The first-order valence-corrected chi connectivity index (χ1v) is 9.80. The summed E-state index contributed by atoms with van der Waals surface area (Å²) >= 11 is 0. The third-order valence-electron chi connectivity index (χ3n) is 5.23. The molecule has 0 spiro atoms. The van der Waals surface area contributed by atoms with Crippen LogP contribution in [0.5, 0.6) is 11.5 Å². The van der Waals surface area contributed by atoms with Gasteiger partial charge in [-0.3, -0.25) is 4.79 Å². The molecule has 0 saturated heterocycles. The van der Waals surface area contributed by atoms with Crippen LogP contribution in [0, 0.1) is 6.92 Å². The van der Waals surface area contributed by atoms with Crippen LogP contribution in [-0.4, -0.2) is 38.9 Å². The van der Waals surface area contributed by atoms with Crippen LogP contribution in [0.4, 0.5) is 0 Å². The second kappa shape index (κ2) is 9.60. The summed E-state index contributed by atoms with van der Waals surface area (Å²) in [5, 5.41) is 3.09. The largest absolute Gasteiger partial charge is 0.493 e. The minimum atomic E-state index is -0.111. The van der Waals surface area contributed by atoms with Gasteiger partial charge in [-0.2, -0.15) is 0 Å². The number of rotatable bonds is 8. The van der Waals surface area contributed by atoms with Gasteiger partial charge < -0.3 is 19.5 Å². The maximum Gasteiger partial charge on any atom is 0.251 e. The Balaban J connectivity index is 1.64. The van der Waals surface area contributed by atoms with Gasteiger partial charge in [-0.1, -0.05) is 29.8 Å². The van der Waals surface area contributed by atoms with E-state index in [1.165, 1.54) is 11.1 Å². The zero-order valence-corrected chi connectivity index (χ0v) is 16.9. The molecule has 1 N–H and O–H groups in total. The van der Waals surface area contributed by atoms with Crippen LogP contribution in [-0.2, 0) is 11.2 Å². The summed E-state index contributed by atoms with van der Waals surface area (Å²) in [5.74, 6) is 1.09. The second-order valence-electron chi connectivity index (χ2n) is 7.24. The summed E-state index contributed by atoms with van der Waals surface area (Å²) in [6, 6.07) is 13.7. The smallest absolute Gasteiger partial charge is 0.251 e. The quantitative estimate of drug-likeness (QED) is 0.751. The molecule has 0 radical (unpaired) electrons. The molecule has 2 unspecified atom stereocenters. The van der Waals surface area contributed by atoms with E-state index in [4.69, 9.17) is 14.2 Å². The van der Waals surface area contributed by atoms with E-state index >= 15 is 0 Å². The Bertz CT molecular complexity index is 805. The lowest BCUT2D eigenvalue weighted by atomic mass is 10.1. The summed E-state index contributed by atoms with van der Waals surface area (Å²) in [4.78, 5) is 12.7. The van der Waals surface area contributed by atoms with Crippen LogP contribution in [0.1, 0.15) is 40.7 Å². The fourth-order valence-corrected chi connectivity index (χ4v) is 3.70. The number of carbonyl (C=O) groups is 1. The molecule has 1 fully saturated rings. The first-order chi connectivity index (χ1) is 13.6. The molecule has 28 heavy (non-hydrogen) atoms. The molecule has 1 aliphatic rings. The predicted octanol–water partition coefficient (Wildman–Crippen LogP) is 3.92. The summed E-state index contributed by atoms with van der Waals surface area (Å²) in [7, 11) is 3.30. The lowest BCUT2D eigenvalue weighted by molar-refractivity contribution is 0.0722. The van der Waals surface area contributed by atoms with E-state index in [1.54, 1.807) is 32.4 Å². The monoisotopic (exact) mass is 383 g/mol. The van der Waals surface area contributed by atoms with Gasteiger partial charge in [0.15, 0.2) is 11.5 Å². The molecule has 5 heteroatoms. The molecule has 1 amide bonds. The predicted molar refractivity (Wildman–Crippen MR) is 109 cm³/mol. The van der Waals surface area contributed by atoms with Crippen LogP contribution in [0.15, 0.2) is 42.5 Å². The highest BCUT2D eigenvalue weighted by atomic mass is 16.5. The molecule has 0 bridgehead atoms. The van der Waals surface area contributed by atoms with E-state index in [9.17, 15) is 4.79 Å². The first kappa shape index (κ1) is 20.2.